The number of pyridine rings is 1. The number of imidazole rings is 1. The van der Waals surface area contributed by atoms with Crippen LogP contribution >= 0.6 is 0 Å². The summed E-state index contributed by atoms with van der Waals surface area (Å²) in [5.74, 6) is -0.492. The van der Waals surface area contributed by atoms with Crippen LogP contribution in [0.2, 0.25) is 0 Å². The second-order valence-electron chi connectivity index (χ2n) is 7.70. The molecular formula is C25H24FN5O3. The fraction of sp³-hybridized carbons (Fsp3) is 0.240. The third kappa shape index (κ3) is 5.09. The van der Waals surface area contributed by atoms with Crippen LogP contribution in [0.15, 0.2) is 54.9 Å². The van der Waals surface area contributed by atoms with E-state index in [9.17, 15) is 14.0 Å². The fourth-order valence-electron chi connectivity index (χ4n) is 3.62. The van der Waals surface area contributed by atoms with E-state index in [-0.39, 0.29) is 30.5 Å². The zero-order valence-corrected chi connectivity index (χ0v) is 18.9. The van der Waals surface area contributed by atoms with E-state index >= 15 is 0 Å². The van der Waals surface area contributed by atoms with Gasteiger partial charge in [-0.25, -0.2) is 18.9 Å². The summed E-state index contributed by atoms with van der Waals surface area (Å²) in [4.78, 5) is 32.8. The summed E-state index contributed by atoms with van der Waals surface area (Å²) in [6.07, 6.45) is 3.98. The lowest BCUT2D eigenvalue weighted by molar-refractivity contribution is -0.143. The molecule has 0 unspecified atom stereocenters. The molecule has 1 aromatic carbocycles. The Morgan fingerprint density at radius 3 is 2.74 bits per heavy atom. The van der Waals surface area contributed by atoms with Gasteiger partial charge in [0.25, 0.3) is 0 Å². The Morgan fingerprint density at radius 2 is 1.94 bits per heavy atom. The molecule has 174 valence electrons. The molecule has 0 spiro atoms. The fourth-order valence-corrected chi connectivity index (χ4v) is 3.62. The van der Waals surface area contributed by atoms with Crippen LogP contribution in [0.25, 0.3) is 28.2 Å². The predicted molar refractivity (Wildman–Crippen MR) is 125 cm³/mol. The van der Waals surface area contributed by atoms with Crippen LogP contribution < -0.4 is 5.32 Å². The Hall–Kier alpha value is -4.14. The number of hydrogen-bond acceptors (Lipinski definition) is 6. The lowest BCUT2D eigenvalue weighted by Crippen LogP contribution is -2.13. The summed E-state index contributed by atoms with van der Waals surface area (Å²) in [5, 5.41) is 7.21. The number of carbonyl (C=O) groups excluding carboxylic acids is 2. The van der Waals surface area contributed by atoms with Crippen molar-refractivity contribution in [3.8, 4) is 22.5 Å². The van der Waals surface area contributed by atoms with Crippen molar-refractivity contribution in [2.24, 2.45) is 0 Å². The monoisotopic (exact) mass is 461 g/mol. The largest absolute Gasteiger partial charge is 0.466 e. The van der Waals surface area contributed by atoms with Gasteiger partial charge < -0.3 is 10.1 Å². The van der Waals surface area contributed by atoms with Crippen LogP contribution in [-0.2, 0) is 14.3 Å². The second kappa shape index (κ2) is 10.2. The molecule has 0 aliphatic rings. The number of fused-ring (bicyclic) bond motifs is 1. The molecule has 0 atom stereocenters. The van der Waals surface area contributed by atoms with Crippen molar-refractivity contribution < 1.29 is 18.7 Å². The lowest BCUT2D eigenvalue weighted by Gasteiger charge is -2.09. The third-order valence-electron chi connectivity index (χ3n) is 5.22. The molecule has 0 fully saturated rings. The highest BCUT2D eigenvalue weighted by molar-refractivity contribution is 5.91. The van der Waals surface area contributed by atoms with Gasteiger partial charge in [-0.15, -0.1) is 0 Å². The van der Waals surface area contributed by atoms with Gasteiger partial charge in [0.2, 0.25) is 5.91 Å². The Bertz CT molecular complexity index is 1350. The smallest absolute Gasteiger partial charge is 0.305 e. The van der Waals surface area contributed by atoms with Crippen molar-refractivity contribution in [1.29, 1.82) is 0 Å². The van der Waals surface area contributed by atoms with Gasteiger partial charge in [0, 0.05) is 36.4 Å². The summed E-state index contributed by atoms with van der Waals surface area (Å²) >= 11 is 0. The van der Waals surface area contributed by atoms with E-state index in [2.05, 4.69) is 15.4 Å². The van der Waals surface area contributed by atoms with E-state index in [0.29, 0.717) is 41.4 Å². The van der Waals surface area contributed by atoms with Gasteiger partial charge in [-0.1, -0.05) is 0 Å². The summed E-state index contributed by atoms with van der Waals surface area (Å²) in [6, 6.07) is 12.0. The lowest BCUT2D eigenvalue weighted by atomic mass is 10.0. The summed E-state index contributed by atoms with van der Waals surface area (Å²) in [7, 11) is 0. The first-order chi connectivity index (χ1) is 16.5. The molecule has 4 aromatic rings. The van der Waals surface area contributed by atoms with E-state index in [1.807, 2.05) is 6.07 Å². The molecule has 1 N–H and O–H groups in total. The van der Waals surface area contributed by atoms with E-state index in [0.717, 1.165) is 11.1 Å². The molecule has 34 heavy (non-hydrogen) atoms. The number of benzene rings is 1. The van der Waals surface area contributed by atoms with Crippen molar-refractivity contribution in [2.75, 3.05) is 11.9 Å². The number of hydrogen-bond donors (Lipinski definition) is 1. The average molecular weight is 461 g/mol. The molecule has 3 heterocycles. The van der Waals surface area contributed by atoms with Crippen LogP contribution in [0.5, 0.6) is 0 Å². The van der Waals surface area contributed by atoms with Gasteiger partial charge in [-0.3, -0.25) is 9.59 Å². The maximum atomic E-state index is 13.9. The normalized spacial score (nSPS) is 10.9. The number of halogens is 1. The molecule has 0 saturated heterocycles. The summed E-state index contributed by atoms with van der Waals surface area (Å²) < 4.78 is 20.5. The Balaban J connectivity index is 1.62. The average Bonchev–Trinajstić information content (AvgIpc) is 3.21. The number of ether oxygens (including phenoxy) is 1. The number of esters is 1. The molecule has 8 nitrogen and oxygen atoms in total. The van der Waals surface area contributed by atoms with E-state index in [1.54, 1.807) is 61.1 Å². The van der Waals surface area contributed by atoms with Gasteiger partial charge in [0.1, 0.15) is 17.3 Å². The number of aromatic nitrogens is 4. The number of nitrogens with one attached hydrogen (secondary N) is 1. The summed E-state index contributed by atoms with van der Waals surface area (Å²) in [6.45, 7) is 3.76. The predicted octanol–water partition coefficient (Wildman–Crippen LogP) is 4.58. The number of rotatable bonds is 8. The standard InChI is InChI=1S/C25H24FN5O3/c1-3-34-23(33)8-4-7-22(32)29-20-15-18(11-13-27-20)25-24(17-9-10-19(26)16(2)14-17)30-21-6-5-12-28-31(21)25/h5-6,9-15H,3-4,7-8H2,1-2H3,(H,27,29,32). The minimum Gasteiger partial charge on any atom is -0.466 e. The summed E-state index contributed by atoms with van der Waals surface area (Å²) in [5.41, 5.74) is 3.97. The minimum atomic E-state index is -0.320. The number of anilines is 1. The molecular weight excluding hydrogens is 437 g/mol. The molecule has 9 heteroatoms. The van der Waals surface area contributed by atoms with Crippen LogP contribution in [-0.4, -0.2) is 38.1 Å². The minimum absolute atomic E-state index is 0.169. The van der Waals surface area contributed by atoms with Crippen LogP contribution in [0.1, 0.15) is 31.7 Å². The highest BCUT2D eigenvalue weighted by Crippen LogP contribution is 2.33. The Labute approximate surface area is 195 Å². The Kier molecular flexibility index (Phi) is 6.91. The van der Waals surface area contributed by atoms with Crippen LogP contribution in [0, 0.1) is 12.7 Å². The SMILES string of the molecule is CCOC(=O)CCCC(=O)Nc1cc(-c2c(-c3ccc(F)c(C)c3)nc3cccnn23)ccn1. The van der Waals surface area contributed by atoms with Gasteiger partial charge >= 0.3 is 5.97 Å². The van der Waals surface area contributed by atoms with E-state index in [1.165, 1.54) is 6.07 Å². The number of amides is 1. The van der Waals surface area contributed by atoms with Crippen molar-refractivity contribution in [3.63, 3.8) is 0 Å². The second-order valence-corrected chi connectivity index (χ2v) is 7.70. The van der Waals surface area contributed by atoms with Gasteiger partial charge in [0.15, 0.2) is 5.65 Å². The molecule has 4 rings (SSSR count). The quantitative estimate of drug-likeness (QED) is 0.386. The van der Waals surface area contributed by atoms with E-state index in [4.69, 9.17) is 9.72 Å². The van der Waals surface area contributed by atoms with Gasteiger partial charge in [-0.05, 0) is 68.3 Å². The highest BCUT2D eigenvalue weighted by atomic mass is 19.1. The first-order valence-corrected chi connectivity index (χ1v) is 11.0. The van der Waals surface area contributed by atoms with Gasteiger partial charge in [-0.2, -0.15) is 5.10 Å². The highest BCUT2D eigenvalue weighted by Gasteiger charge is 2.18. The zero-order chi connectivity index (χ0) is 24.1. The maximum absolute atomic E-state index is 13.9. The molecule has 0 aliphatic heterocycles. The first kappa shape index (κ1) is 23.0. The van der Waals surface area contributed by atoms with Crippen molar-refractivity contribution >= 4 is 23.3 Å². The van der Waals surface area contributed by atoms with Crippen LogP contribution in [0.3, 0.4) is 0 Å². The molecule has 3 aromatic heterocycles. The maximum Gasteiger partial charge on any atom is 0.305 e. The van der Waals surface area contributed by atoms with E-state index < -0.39 is 0 Å². The van der Waals surface area contributed by atoms with Crippen molar-refractivity contribution in [3.05, 3.63) is 66.2 Å². The first-order valence-electron chi connectivity index (χ1n) is 11.0. The van der Waals surface area contributed by atoms with Crippen LogP contribution in [0.4, 0.5) is 10.2 Å². The molecule has 0 saturated carbocycles. The number of nitrogens with zero attached hydrogens (tertiary/aromatic N) is 4. The molecule has 1 amide bonds. The van der Waals surface area contributed by atoms with Crippen molar-refractivity contribution in [1.82, 2.24) is 19.6 Å². The topological polar surface area (TPSA) is 98.5 Å². The molecule has 0 bridgehead atoms. The van der Waals surface area contributed by atoms with Gasteiger partial charge in [0.05, 0.1) is 12.3 Å². The molecule has 0 aliphatic carbocycles. The Morgan fingerprint density at radius 1 is 1.09 bits per heavy atom. The van der Waals surface area contributed by atoms with Crippen molar-refractivity contribution in [2.45, 2.75) is 33.1 Å². The number of carbonyl (C=O) groups is 2. The zero-order valence-electron chi connectivity index (χ0n) is 18.9. The third-order valence-corrected chi connectivity index (χ3v) is 5.22. The molecule has 0 radical (unpaired) electrons. The number of aryl methyl sites for hydroxylation is 1.